The lowest BCUT2D eigenvalue weighted by Gasteiger charge is -2.33. The summed E-state index contributed by atoms with van der Waals surface area (Å²) < 4.78 is 12.7. The van der Waals surface area contributed by atoms with E-state index in [0.717, 1.165) is 42.7 Å². The molecule has 2 heterocycles. The fourth-order valence-corrected chi connectivity index (χ4v) is 4.40. The number of methoxy groups -OCH3 is 1. The number of carbonyl (C=O) groups excluding carboxylic acids is 2. The Morgan fingerprint density at radius 2 is 2.06 bits per heavy atom. The summed E-state index contributed by atoms with van der Waals surface area (Å²) in [5, 5.41) is 12.3. The third-order valence-electron chi connectivity index (χ3n) is 5.92. The highest BCUT2D eigenvalue weighted by Gasteiger charge is 2.30. The molecule has 2 N–H and O–H groups in total. The third kappa shape index (κ3) is 6.93. The minimum Gasteiger partial charge on any atom is -0.444 e. The van der Waals surface area contributed by atoms with Crippen LogP contribution in [-0.4, -0.2) is 76.6 Å². The van der Waals surface area contributed by atoms with Crippen LogP contribution < -0.4 is 5.32 Å². The Hall–Kier alpha value is -2.65. The van der Waals surface area contributed by atoms with Crippen LogP contribution in [0.2, 0.25) is 0 Å². The molecule has 0 aliphatic carbocycles. The van der Waals surface area contributed by atoms with Crippen molar-refractivity contribution in [1.29, 1.82) is 0 Å². The van der Waals surface area contributed by atoms with Gasteiger partial charge in [0.2, 0.25) is 5.91 Å². The molecule has 0 unspecified atom stereocenters. The van der Waals surface area contributed by atoms with Crippen molar-refractivity contribution in [3.8, 4) is 0 Å². The summed E-state index contributed by atoms with van der Waals surface area (Å²) in [6.07, 6.45) is 2.10. The Morgan fingerprint density at radius 3 is 2.76 bits per heavy atom. The quantitative estimate of drug-likeness (QED) is 0.541. The highest BCUT2D eigenvalue weighted by molar-refractivity contribution is 5.78. The van der Waals surface area contributed by atoms with Gasteiger partial charge in [0.1, 0.15) is 11.4 Å². The standard InChI is InChI=1S/C25H38N4O5/c1-25(2,3)34-24(32)26-19(17-30)15-22(31)28-12-7-9-18(16-28)23-27-20-10-5-6-11-21(20)29(23)13-8-14-33-4/h5-6,10-11,18-19,30H,7-9,12-17H2,1-4H3,(H,26,32)/t18-,19+/m1/s1. The number of alkyl carbamates (subject to hydrolysis) is 1. The minimum atomic E-state index is -0.693. The van der Waals surface area contributed by atoms with Crippen LogP contribution in [0.4, 0.5) is 4.79 Å². The van der Waals surface area contributed by atoms with Crippen LogP contribution in [0, 0.1) is 0 Å². The summed E-state index contributed by atoms with van der Waals surface area (Å²) in [7, 11) is 1.70. The predicted molar refractivity (Wildman–Crippen MR) is 130 cm³/mol. The normalized spacial score (nSPS) is 17.6. The molecule has 0 saturated carbocycles. The number of amides is 2. The van der Waals surface area contributed by atoms with E-state index in [9.17, 15) is 14.7 Å². The van der Waals surface area contributed by atoms with E-state index < -0.39 is 17.7 Å². The summed E-state index contributed by atoms with van der Waals surface area (Å²) in [6, 6.07) is 7.41. The number of aliphatic hydroxyl groups is 1. The minimum absolute atomic E-state index is 0.0206. The molecule has 3 rings (SSSR count). The van der Waals surface area contributed by atoms with Gasteiger partial charge in [0.15, 0.2) is 0 Å². The van der Waals surface area contributed by atoms with Gasteiger partial charge in [0.25, 0.3) is 0 Å². The zero-order valence-electron chi connectivity index (χ0n) is 20.7. The van der Waals surface area contributed by atoms with E-state index >= 15 is 0 Å². The molecule has 2 amide bonds. The summed E-state index contributed by atoms with van der Waals surface area (Å²) in [5.41, 5.74) is 1.40. The number of ether oxygens (including phenoxy) is 2. The summed E-state index contributed by atoms with van der Waals surface area (Å²) in [5.74, 6) is 1.03. The molecule has 9 heteroatoms. The zero-order valence-corrected chi connectivity index (χ0v) is 20.7. The van der Waals surface area contributed by atoms with Gasteiger partial charge in [-0.05, 0) is 52.2 Å². The molecular formula is C25H38N4O5. The Kier molecular flexibility index (Phi) is 8.90. The van der Waals surface area contributed by atoms with E-state index in [1.807, 2.05) is 23.1 Å². The van der Waals surface area contributed by atoms with Crippen molar-refractivity contribution in [3.63, 3.8) is 0 Å². The number of hydrogen-bond donors (Lipinski definition) is 2. The van der Waals surface area contributed by atoms with E-state index in [2.05, 4.69) is 16.0 Å². The van der Waals surface area contributed by atoms with Gasteiger partial charge in [-0.25, -0.2) is 9.78 Å². The first-order valence-corrected chi connectivity index (χ1v) is 12.0. The fraction of sp³-hybridized carbons (Fsp3) is 0.640. The average molecular weight is 475 g/mol. The number of likely N-dealkylation sites (tertiary alicyclic amines) is 1. The summed E-state index contributed by atoms with van der Waals surface area (Å²) in [6.45, 7) is 7.67. The molecule has 1 aliphatic rings. The fourth-order valence-electron chi connectivity index (χ4n) is 4.40. The van der Waals surface area contributed by atoms with Crippen molar-refractivity contribution in [2.24, 2.45) is 0 Å². The van der Waals surface area contributed by atoms with Gasteiger partial charge in [-0.15, -0.1) is 0 Å². The average Bonchev–Trinajstić information content (AvgIpc) is 3.16. The molecule has 2 atom stereocenters. The summed E-state index contributed by atoms with van der Waals surface area (Å²) in [4.78, 5) is 31.9. The number of nitrogens with one attached hydrogen (secondary N) is 1. The number of aromatic nitrogens is 2. The van der Waals surface area contributed by atoms with Gasteiger partial charge in [-0.3, -0.25) is 4.79 Å². The smallest absolute Gasteiger partial charge is 0.407 e. The highest BCUT2D eigenvalue weighted by Crippen LogP contribution is 2.30. The first-order chi connectivity index (χ1) is 16.2. The number of hydrogen-bond acceptors (Lipinski definition) is 6. The van der Waals surface area contributed by atoms with Crippen molar-refractivity contribution in [1.82, 2.24) is 19.8 Å². The maximum atomic E-state index is 13.1. The van der Waals surface area contributed by atoms with Crippen LogP contribution in [0.25, 0.3) is 11.0 Å². The number of benzene rings is 1. The molecule has 9 nitrogen and oxygen atoms in total. The molecule has 1 aromatic carbocycles. The second-order valence-corrected chi connectivity index (χ2v) is 9.87. The zero-order chi connectivity index (χ0) is 24.7. The second kappa shape index (κ2) is 11.7. The maximum absolute atomic E-state index is 13.1. The van der Waals surface area contributed by atoms with E-state index in [0.29, 0.717) is 19.7 Å². The Morgan fingerprint density at radius 1 is 1.29 bits per heavy atom. The van der Waals surface area contributed by atoms with Crippen LogP contribution in [0.1, 0.15) is 58.2 Å². The lowest BCUT2D eigenvalue weighted by molar-refractivity contribution is -0.133. The number of imidazole rings is 1. The number of fused-ring (bicyclic) bond motifs is 1. The van der Waals surface area contributed by atoms with E-state index in [1.165, 1.54) is 0 Å². The second-order valence-electron chi connectivity index (χ2n) is 9.87. The Labute approximate surface area is 201 Å². The van der Waals surface area contributed by atoms with E-state index in [-0.39, 0.29) is 24.9 Å². The number of carbonyl (C=O) groups is 2. The molecule has 0 bridgehead atoms. The third-order valence-corrected chi connectivity index (χ3v) is 5.92. The van der Waals surface area contributed by atoms with E-state index in [1.54, 1.807) is 27.9 Å². The van der Waals surface area contributed by atoms with Crippen molar-refractivity contribution in [2.45, 2.75) is 70.6 Å². The topological polar surface area (TPSA) is 106 Å². The van der Waals surface area contributed by atoms with Gasteiger partial charge in [-0.1, -0.05) is 12.1 Å². The van der Waals surface area contributed by atoms with Crippen LogP contribution >= 0.6 is 0 Å². The number of para-hydroxylation sites is 2. The van der Waals surface area contributed by atoms with Crippen molar-refractivity contribution >= 4 is 23.0 Å². The largest absolute Gasteiger partial charge is 0.444 e. The van der Waals surface area contributed by atoms with Gasteiger partial charge >= 0.3 is 6.09 Å². The van der Waals surface area contributed by atoms with Crippen molar-refractivity contribution in [2.75, 3.05) is 33.4 Å². The first kappa shape index (κ1) is 26.0. The van der Waals surface area contributed by atoms with Crippen LogP contribution in [0.15, 0.2) is 24.3 Å². The molecular weight excluding hydrogens is 436 g/mol. The number of nitrogens with zero attached hydrogens (tertiary/aromatic N) is 3. The lowest BCUT2D eigenvalue weighted by atomic mass is 9.96. The molecule has 188 valence electrons. The van der Waals surface area contributed by atoms with Crippen LogP contribution in [0.3, 0.4) is 0 Å². The SMILES string of the molecule is COCCCn1c([C@@H]2CCCN(C(=O)C[C@@H](CO)NC(=O)OC(C)(C)C)C2)nc2ccccc21. The molecule has 1 aromatic heterocycles. The van der Waals surface area contributed by atoms with Gasteiger partial charge < -0.3 is 29.4 Å². The number of piperidine rings is 1. The monoisotopic (exact) mass is 474 g/mol. The Bertz CT molecular complexity index is 968. The first-order valence-electron chi connectivity index (χ1n) is 12.0. The predicted octanol–water partition coefficient (Wildman–Crippen LogP) is 3.05. The van der Waals surface area contributed by atoms with Crippen LogP contribution in [0.5, 0.6) is 0 Å². The molecule has 0 radical (unpaired) electrons. The van der Waals surface area contributed by atoms with Gasteiger partial charge in [0, 0.05) is 45.7 Å². The molecule has 1 aliphatic heterocycles. The Balaban J connectivity index is 1.69. The molecule has 2 aromatic rings. The molecule has 0 spiro atoms. The maximum Gasteiger partial charge on any atom is 0.407 e. The molecule has 1 fully saturated rings. The highest BCUT2D eigenvalue weighted by atomic mass is 16.6. The van der Waals surface area contributed by atoms with Crippen molar-refractivity contribution < 1.29 is 24.2 Å². The summed E-state index contributed by atoms with van der Waals surface area (Å²) >= 11 is 0. The van der Waals surface area contributed by atoms with Gasteiger partial charge in [-0.2, -0.15) is 0 Å². The van der Waals surface area contributed by atoms with E-state index in [4.69, 9.17) is 14.5 Å². The molecule has 34 heavy (non-hydrogen) atoms. The number of rotatable bonds is 9. The van der Waals surface area contributed by atoms with Crippen LogP contribution in [-0.2, 0) is 20.8 Å². The van der Waals surface area contributed by atoms with Gasteiger partial charge in [0.05, 0.1) is 23.7 Å². The number of aliphatic hydroxyl groups excluding tert-OH is 1. The lowest BCUT2D eigenvalue weighted by Crippen LogP contribution is -2.46. The number of aryl methyl sites for hydroxylation is 1. The molecule has 1 saturated heterocycles. The van der Waals surface area contributed by atoms with Crippen molar-refractivity contribution in [3.05, 3.63) is 30.1 Å².